The lowest BCUT2D eigenvalue weighted by Gasteiger charge is -2.25. The molecule has 1 aliphatic carbocycles. The zero-order valence-electron chi connectivity index (χ0n) is 12.3. The summed E-state index contributed by atoms with van der Waals surface area (Å²) >= 11 is 0. The number of carbonyl (C=O) groups is 1. The molecule has 110 valence electrons. The molecule has 4 nitrogen and oxygen atoms in total. The van der Waals surface area contributed by atoms with Crippen molar-refractivity contribution < 1.29 is 9.18 Å². The minimum absolute atomic E-state index is 0.0913. The maximum atomic E-state index is 14.3. The number of rotatable bonds is 6. The van der Waals surface area contributed by atoms with Crippen LogP contribution in [0.3, 0.4) is 0 Å². The number of amides is 1. The van der Waals surface area contributed by atoms with Gasteiger partial charge in [-0.2, -0.15) is 0 Å². The van der Waals surface area contributed by atoms with Gasteiger partial charge in [0.05, 0.1) is 5.56 Å². The Morgan fingerprint density at radius 3 is 2.90 bits per heavy atom. The number of anilines is 1. The second-order valence-corrected chi connectivity index (χ2v) is 5.44. The smallest absolute Gasteiger partial charge is 0.257 e. The summed E-state index contributed by atoms with van der Waals surface area (Å²) in [6, 6.07) is 1.60. The lowest BCUT2D eigenvalue weighted by Crippen LogP contribution is -2.37. The van der Waals surface area contributed by atoms with E-state index in [1.807, 2.05) is 13.8 Å². The van der Waals surface area contributed by atoms with Crippen molar-refractivity contribution in [3.63, 3.8) is 0 Å². The Bertz CT molecular complexity index is 488. The highest BCUT2D eigenvalue weighted by molar-refractivity contribution is 5.95. The summed E-state index contributed by atoms with van der Waals surface area (Å²) in [5.74, 6) is -0.110. The van der Waals surface area contributed by atoms with Crippen LogP contribution in [0, 0.1) is 11.7 Å². The monoisotopic (exact) mass is 279 g/mol. The van der Waals surface area contributed by atoms with Crippen LogP contribution in [0.2, 0.25) is 0 Å². The van der Waals surface area contributed by atoms with Gasteiger partial charge >= 0.3 is 0 Å². The SMILES string of the molecule is CCCNc1nccc(C(=O)N(C)C(C)C2CC2)c1F. The van der Waals surface area contributed by atoms with Crippen molar-refractivity contribution in [3.8, 4) is 0 Å². The Labute approximate surface area is 119 Å². The zero-order chi connectivity index (χ0) is 14.7. The molecule has 0 aromatic carbocycles. The Kier molecular flexibility index (Phi) is 4.57. The van der Waals surface area contributed by atoms with Crippen LogP contribution in [0.1, 0.15) is 43.5 Å². The van der Waals surface area contributed by atoms with Crippen LogP contribution < -0.4 is 5.32 Å². The Balaban J connectivity index is 2.16. The van der Waals surface area contributed by atoms with E-state index in [9.17, 15) is 9.18 Å². The predicted octanol–water partition coefficient (Wildman–Crippen LogP) is 2.91. The second kappa shape index (κ2) is 6.20. The maximum Gasteiger partial charge on any atom is 0.257 e. The summed E-state index contributed by atoms with van der Waals surface area (Å²) in [6.45, 7) is 4.64. The Hall–Kier alpha value is -1.65. The van der Waals surface area contributed by atoms with Gasteiger partial charge in [0.1, 0.15) is 0 Å². The second-order valence-electron chi connectivity index (χ2n) is 5.44. The summed E-state index contributed by atoms with van der Waals surface area (Å²) in [6.07, 6.45) is 4.66. The molecule has 1 amide bonds. The molecule has 1 aromatic heterocycles. The molecule has 5 heteroatoms. The highest BCUT2D eigenvalue weighted by Gasteiger charge is 2.33. The first-order valence-corrected chi connectivity index (χ1v) is 7.21. The molecule has 1 unspecified atom stereocenters. The summed E-state index contributed by atoms with van der Waals surface area (Å²) in [7, 11) is 1.74. The number of nitrogens with one attached hydrogen (secondary N) is 1. The molecule has 20 heavy (non-hydrogen) atoms. The van der Waals surface area contributed by atoms with Gasteiger partial charge in [0.15, 0.2) is 11.6 Å². The first-order chi connectivity index (χ1) is 9.56. The van der Waals surface area contributed by atoms with Crippen LogP contribution in [0.5, 0.6) is 0 Å². The Morgan fingerprint density at radius 1 is 1.60 bits per heavy atom. The topological polar surface area (TPSA) is 45.2 Å². The maximum absolute atomic E-state index is 14.3. The van der Waals surface area contributed by atoms with E-state index in [1.165, 1.54) is 12.3 Å². The van der Waals surface area contributed by atoms with Gasteiger partial charge in [-0.3, -0.25) is 4.79 Å². The molecular formula is C15H22FN3O. The average molecular weight is 279 g/mol. The largest absolute Gasteiger partial charge is 0.368 e. The number of pyridine rings is 1. The van der Waals surface area contributed by atoms with Gasteiger partial charge in [-0.1, -0.05) is 6.92 Å². The molecule has 1 atom stereocenters. The van der Waals surface area contributed by atoms with Crippen LogP contribution in [0.4, 0.5) is 10.2 Å². The quantitative estimate of drug-likeness (QED) is 0.871. The van der Waals surface area contributed by atoms with Crippen molar-refractivity contribution in [3.05, 3.63) is 23.6 Å². The van der Waals surface area contributed by atoms with E-state index >= 15 is 0 Å². The number of hydrogen-bond donors (Lipinski definition) is 1. The molecule has 1 aromatic rings. The molecule has 0 saturated heterocycles. The fraction of sp³-hybridized carbons (Fsp3) is 0.600. The molecule has 1 heterocycles. The lowest BCUT2D eigenvalue weighted by atomic mass is 10.1. The standard InChI is InChI=1S/C15H22FN3O/c1-4-8-17-14-13(16)12(7-9-18-14)15(20)19(3)10(2)11-5-6-11/h7,9-11H,4-6,8H2,1-3H3,(H,17,18). The highest BCUT2D eigenvalue weighted by atomic mass is 19.1. The molecule has 2 rings (SSSR count). The Morgan fingerprint density at radius 2 is 2.30 bits per heavy atom. The predicted molar refractivity (Wildman–Crippen MR) is 77.3 cm³/mol. The molecule has 0 radical (unpaired) electrons. The summed E-state index contributed by atoms with van der Waals surface area (Å²) in [4.78, 5) is 18.0. The van der Waals surface area contributed by atoms with Gasteiger partial charge in [0.25, 0.3) is 5.91 Å². The van der Waals surface area contributed by atoms with E-state index in [4.69, 9.17) is 0 Å². The number of halogens is 1. The normalized spacial score (nSPS) is 15.8. The fourth-order valence-corrected chi connectivity index (χ4v) is 2.25. The number of aromatic nitrogens is 1. The van der Waals surface area contributed by atoms with Crippen molar-refractivity contribution in [2.24, 2.45) is 5.92 Å². The third kappa shape index (κ3) is 3.08. The van der Waals surface area contributed by atoms with Crippen LogP contribution in [-0.4, -0.2) is 35.4 Å². The van der Waals surface area contributed by atoms with Crippen LogP contribution in [-0.2, 0) is 0 Å². The van der Waals surface area contributed by atoms with Gasteiger partial charge in [-0.25, -0.2) is 9.37 Å². The molecule has 1 fully saturated rings. The van der Waals surface area contributed by atoms with Gasteiger partial charge in [-0.15, -0.1) is 0 Å². The average Bonchev–Trinajstić information content (AvgIpc) is 3.28. The summed E-state index contributed by atoms with van der Waals surface area (Å²) in [5, 5.41) is 2.90. The summed E-state index contributed by atoms with van der Waals surface area (Å²) < 4.78 is 14.3. The minimum Gasteiger partial charge on any atom is -0.368 e. The third-order valence-electron chi connectivity index (χ3n) is 3.90. The van der Waals surface area contributed by atoms with Crippen LogP contribution in [0.15, 0.2) is 12.3 Å². The van der Waals surface area contributed by atoms with Crippen LogP contribution in [0.25, 0.3) is 0 Å². The van der Waals surface area contributed by atoms with E-state index in [0.29, 0.717) is 12.5 Å². The minimum atomic E-state index is -0.555. The molecule has 0 spiro atoms. The van der Waals surface area contributed by atoms with E-state index in [0.717, 1.165) is 19.3 Å². The van der Waals surface area contributed by atoms with Crippen molar-refractivity contribution in [2.75, 3.05) is 18.9 Å². The first kappa shape index (κ1) is 14.8. The van der Waals surface area contributed by atoms with Crippen molar-refractivity contribution in [2.45, 2.75) is 39.2 Å². The highest BCUT2D eigenvalue weighted by Crippen LogP contribution is 2.35. The fourth-order valence-electron chi connectivity index (χ4n) is 2.25. The number of carbonyl (C=O) groups excluding carboxylic acids is 1. The molecule has 1 saturated carbocycles. The van der Waals surface area contributed by atoms with E-state index in [1.54, 1.807) is 11.9 Å². The zero-order valence-corrected chi connectivity index (χ0v) is 12.3. The van der Waals surface area contributed by atoms with Crippen molar-refractivity contribution in [1.29, 1.82) is 0 Å². The van der Waals surface area contributed by atoms with Gasteiger partial charge in [0.2, 0.25) is 0 Å². The summed E-state index contributed by atoms with van der Waals surface area (Å²) in [5.41, 5.74) is 0.0913. The molecule has 1 N–H and O–H groups in total. The first-order valence-electron chi connectivity index (χ1n) is 7.21. The van der Waals surface area contributed by atoms with Crippen LogP contribution >= 0.6 is 0 Å². The molecule has 1 aliphatic rings. The lowest BCUT2D eigenvalue weighted by molar-refractivity contribution is 0.0722. The van der Waals surface area contributed by atoms with Crippen molar-refractivity contribution in [1.82, 2.24) is 9.88 Å². The molecular weight excluding hydrogens is 257 g/mol. The number of nitrogens with zero attached hydrogens (tertiary/aromatic N) is 2. The van der Waals surface area contributed by atoms with Gasteiger partial charge in [0, 0.05) is 25.8 Å². The van der Waals surface area contributed by atoms with Crippen molar-refractivity contribution >= 4 is 11.7 Å². The van der Waals surface area contributed by atoms with Gasteiger partial charge < -0.3 is 10.2 Å². The van der Waals surface area contributed by atoms with E-state index in [-0.39, 0.29) is 23.3 Å². The van der Waals surface area contributed by atoms with Gasteiger partial charge in [-0.05, 0) is 38.2 Å². The number of hydrogen-bond acceptors (Lipinski definition) is 3. The van der Waals surface area contributed by atoms with E-state index < -0.39 is 5.82 Å². The molecule has 0 bridgehead atoms. The third-order valence-corrected chi connectivity index (χ3v) is 3.90. The van der Waals surface area contributed by atoms with E-state index in [2.05, 4.69) is 10.3 Å². The molecule has 0 aliphatic heterocycles.